The van der Waals surface area contributed by atoms with Crippen LogP contribution in [0.4, 0.5) is 4.79 Å². The standard InChI is InChI=1S/C11H21NO5/c1-11(2,3)17-10(15)12-8(6-5-7-13)9(14)16-4/h8,13H,5-7H2,1-4H3,(H,12,15)/t8-/m1/s1. The van der Waals surface area contributed by atoms with E-state index in [2.05, 4.69) is 10.1 Å². The molecule has 6 nitrogen and oxygen atoms in total. The topological polar surface area (TPSA) is 84.9 Å². The summed E-state index contributed by atoms with van der Waals surface area (Å²) in [5.74, 6) is -0.552. The van der Waals surface area contributed by atoms with E-state index in [0.29, 0.717) is 12.8 Å². The summed E-state index contributed by atoms with van der Waals surface area (Å²) in [6.45, 7) is 5.14. The number of methoxy groups -OCH3 is 1. The van der Waals surface area contributed by atoms with Crippen LogP contribution in [-0.4, -0.2) is 42.5 Å². The van der Waals surface area contributed by atoms with Crippen molar-refractivity contribution in [3.63, 3.8) is 0 Å². The van der Waals surface area contributed by atoms with E-state index in [1.165, 1.54) is 7.11 Å². The van der Waals surface area contributed by atoms with Crippen LogP contribution in [0.1, 0.15) is 33.6 Å². The number of hydrogen-bond donors (Lipinski definition) is 2. The lowest BCUT2D eigenvalue weighted by molar-refractivity contribution is -0.143. The number of carbonyl (C=O) groups excluding carboxylic acids is 2. The maximum atomic E-state index is 11.4. The zero-order valence-corrected chi connectivity index (χ0v) is 10.8. The quantitative estimate of drug-likeness (QED) is 0.703. The second-order valence-corrected chi connectivity index (χ2v) is 4.59. The van der Waals surface area contributed by atoms with Gasteiger partial charge in [-0.05, 0) is 33.6 Å². The van der Waals surface area contributed by atoms with E-state index in [4.69, 9.17) is 9.84 Å². The summed E-state index contributed by atoms with van der Waals surface area (Å²) in [4.78, 5) is 22.8. The average Bonchev–Trinajstić information content (AvgIpc) is 2.20. The van der Waals surface area contributed by atoms with Crippen LogP contribution >= 0.6 is 0 Å². The Balaban J connectivity index is 4.32. The van der Waals surface area contributed by atoms with Crippen LogP contribution in [0.2, 0.25) is 0 Å². The molecule has 100 valence electrons. The number of nitrogens with one attached hydrogen (secondary N) is 1. The minimum absolute atomic E-state index is 0.0521. The number of ether oxygens (including phenoxy) is 2. The summed E-state index contributed by atoms with van der Waals surface area (Å²) < 4.78 is 9.57. The normalized spacial score (nSPS) is 12.8. The third kappa shape index (κ3) is 7.57. The third-order valence-electron chi connectivity index (χ3n) is 1.83. The summed E-state index contributed by atoms with van der Waals surface area (Å²) >= 11 is 0. The number of amides is 1. The number of alkyl carbamates (subject to hydrolysis) is 1. The molecular formula is C11H21NO5. The van der Waals surface area contributed by atoms with Crippen LogP contribution in [0.3, 0.4) is 0 Å². The Morgan fingerprint density at radius 3 is 2.35 bits per heavy atom. The Hall–Kier alpha value is -1.30. The lowest BCUT2D eigenvalue weighted by Gasteiger charge is -2.22. The maximum Gasteiger partial charge on any atom is 0.408 e. The molecule has 0 fully saturated rings. The molecule has 0 aliphatic carbocycles. The molecule has 0 spiro atoms. The van der Waals surface area contributed by atoms with Crippen molar-refractivity contribution < 1.29 is 24.2 Å². The molecular weight excluding hydrogens is 226 g/mol. The molecule has 0 bridgehead atoms. The molecule has 0 radical (unpaired) electrons. The second kappa shape index (κ2) is 7.11. The Kier molecular flexibility index (Phi) is 6.57. The molecule has 0 saturated carbocycles. The number of aliphatic hydroxyl groups is 1. The molecule has 0 aliphatic rings. The Morgan fingerprint density at radius 1 is 1.35 bits per heavy atom. The zero-order chi connectivity index (χ0) is 13.5. The molecule has 2 N–H and O–H groups in total. The number of hydrogen-bond acceptors (Lipinski definition) is 5. The first-order valence-corrected chi connectivity index (χ1v) is 5.48. The van der Waals surface area contributed by atoms with Gasteiger partial charge in [-0.2, -0.15) is 0 Å². The van der Waals surface area contributed by atoms with Crippen molar-refractivity contribution in [3.05, 3.63) is 0 Å². The van der Waals surface area contributed by atoms with Gasteiger partial charge in [0, 0.05) is 6.61 Å². The Bertz CT molecular complexity index is 259. The van der Waals surface area contributed by atoms with Crippen molar-refractivity contribution in [2.75, 3.05) is 13.7 Å². The predicted octanol–water partition coefficient (Wildman–Crippen LogP) is 0.825. The molecule has 0 aromatic rings. The van der Waals surface area contributed by atoms with Crippen molar-refractivity contribution in [2.45, 2.75) is 45.3 Å². The molecule has 0 aromatic heterocycles. The van der Waals surface area contributed by atoms with Crippen molar-refractivity contribution >= 4 is 12.1 Å². The van der Waals surface area contributed by atoms with E-state index in [1.807, 2.05) is 0 Å². The minimum Gasteiger partial charge on any atom is -0.467 e. The fourth-order valence-electron chi connectivity index (χ4n) is 1.14. The van der Waals surface area contributed by atoms with Gasteiger partial charge in [-0.1, -0.05) is 0 Å². The molecule has 0 rings (SSSR count). The molecule has 1 atom stereocenters. The van der Waals surface area contributed by atoms with Crippen LogP contribution in [-0.2, 0) is 14.3 Å². The fourth-order valence-corrected chi connectivity index (χ4v) is 1.14. The summed E-state index contributed by atoms with van der Waals surface area (Å²) in [6, 6.07) is -0.790. The van der Waals surface area contributed by atoms with Gasteiger partial charge in [0.2, 0.25) is 0 Å². The number of esters is 1. The zero-order valence-electron chi connectivity index (χ0n) is 10.8. The van der Waals surface area contributed by atoms with Crippen molar-refractivity contribution in [1.82, 2.24) is 5.32 Å². The number of aliphatic hydroxyl groups excluding tert-OH is 1. The highest BCUT2D eigenvalue weighted by molar-refractivity contribution is 5.81. The highest BCUT2D eigenvalue weighted by Crippen LogP contribution is 2.08. The van der Waals surface area contributed by atoms with Gasteiger partial charge in [0.1, 0.15) is 11.6 Å². The lowest BCUT2D eigenvalue weighted by Crippen LogP contribution is -2.44. The highest BCUT2D eigenvalue weighted by atomic mass is 16.6. The van der Waals surface area contributed by atoms with Gasteiger partial charge in [-0.25, -0.2) is 9.59 Å². The molecule has 0 aliphatic heterocycles. The van der Waals surface area contributed by atoms with E-state index in [9.17, 15) is 9.59 Å². The largest absolute Gasteiger partial charge is 0.467 e. The number of carbonyl (C=O) groups is 2. The first kappa shape index (κ1) is 15.7. The Morgan fingerprint density at radius 2 is 1.94 bits per heavy atom. The van der Waals surface area contributed by atoms with Crippen LogP contribution in [0.15, 0.2) is 0 Å². The molecule has 1 amide bonds. The molecule has 0 heterocycles. The van der Waals surface area contributed by atoms with Crippen LogP contribution in [0.5, 0.6) is 0 Å². The van der Waals surface area contributed by atoms with Gasteiger partial charge >= 0.3 is 12.1 Å². The van der Waals surface area contributed by atoms with Crippen molar-refractivity contribution in [2.24, 2.45) is 0 Å². The van der Waals surface area contributed by atoms with E-state index in [1.54, 1.807) is 20.8 Å². The van der Waals surface area contributed by atoms with Crippen molar-refractivity contribution in [3.8, 4) is 0 Å². The van der Waals surface area contributed by atoms with Gasteiger partial charge in [0.15, 0.2) is 0 Å². The summed E-state index contributed by atoms with van der Waals surface area (Å²) in [5, 5.41) is 11.1. The summed E-state index contributed by atoms with van der Waals surface area (Å²) in [5.41, 5.74) is -0.623. The van der Waals surface area contributed by atoms with Gasteiger partial charge in [-0.3, -0.25) is 0 Å². The predicted molar refractivity (Wildman–Crippen MR) is 61.5 cm³/mol. The fraction of sp³-hybridized carbons (Fsp3) is 0.818. The summed E-state index contributed by atoms with van der Waals surface area (Å²) in [7, 11) is 1.24. The molecule has 0 unspecified atom stereocenters. The minimum atomic E-state index is -0.790. The van der Waals surface area contributed by atoms with E-state index >= 15 is 0 Å². The first-order chi connectivity index (χ1) is 7.80. The van der Waals surface area contributed by atoms with Gasteiger partial charge < -0.3 is 19.9 Å². The first-order valence-electron chi connectivity index (χ1n) is 5.48. The highest BCUT2D eigenvalue weighted by Gasteiger charge is 2.24. The van der Waals surface area contributed by atoms with E-state index < -0.39 is 23.7 Å². The van der Waals surface area contributed by atoms with Crippen molar-refractivity contribution in [1.29, 1.82) is 0 Å². The van der Waals surface area contributed by atoms with Crippen LogP contribution in [0, 0.1) is 0 Å². The molecule has 0 saturated heterocycles. The monoisotopic (exact) mass is 247 g/mol. The smallest absolute Gasteiger partial charge is 0.408 e. The summed E-state index contributed by atoms with van der Waals surface area (Å²) in [6.07, 6.45) is 0.0312. The van der Waals surface area contributed by atoms with E-state index in [-0.39, 0.29) is 6.61 Å². The van der Waals surface area contributed by atoms with Gasteiger partial charge in [0.05, 0.1) is 7.11 Å². The van der Waals surface area contributed by atoms with Crippen LogP contribution in [0.25, 0.3) is 0 Å². The molecule has 6 heteroatoms. The Labute approximate surface area is 101 Å². The van der Waals surface area contributed by atoms with Crippen LogP contribution < -0.4 is 5.32 Å². The second-order valence-electron chi connectivity index (χ2n) is 4.59. The van der Waals surface area contributed by atoms with E-state index in [0.717, 1.165) is 0 Å². The molecule has 17 heavy (non-hydrogen) atoms. The third-order valence-corrected chi connectivity index (χ3v) is 1.83. The molecule has 0 aromatic carbocycles. The van der Waals surface area contributed by atoms with Gasteiger partial charge in [0.25, 0.3) is 0 Å². The lowest BCUT2D eigenvalue weighted by atomic mass is 10.1. The SMILES string of the molecule is COC(=O)[C@@H](CCCO)NC(=O)OC(C)(C)C. The maximum absolute atomic E-state index is 11.4. The number of rotatable bonds is 5. The van der Waals surface area contributed by atoms with Gasteiger partial charge in [-0.15, -0.1) is 0 Å². The average molecular weight is 247 g/mol.